The van der Waals surface area contributed by atoms with E-state index in [1.165, 1.54) is 0 Å². The van der Waals surface area contributed by atoms with Crippen LogP contribution in [0, 0.1) is 5.39 Å². The van der Waals surface area contributed by atoms with Gasteiger partial charge in [0.05, 0.1) is 6.54 Å². The van der Waals surface area contributed by atoms with Gasteiger partial charge in [-0.25, -0.2) is 5.84 Å². The largest absolute Gasteiger partial charge is 0.490 e. The van der Waals surface area contributed by atoms with Crippen molar-refractivity contribution >= 4 is 5.91 Å². The molecule has 0 rings (SSSR count). The minimum atomic E-state index is -0.497. The highest BCUT2D eigenvalue weighted by molar-refractivity contribution is 5.77. The lowest BCUT2D eigenvalue weighted by Gasteiger charge is -1.98. The van der Waals surface area contributed by atoms with Gasteiger partial charge in [-0.2, -0.15) is 0 Å². The third kappa shape index (κ3) is 4.68. The van der Waals surface area contributed by atoms with Crippen LogP contribution in [0.2, 0.25) is 0 Å². The Morgan fingerprint density at radius 2 is 2.45 bits per heavy atom. The lowest BCUT2D eigenvalue weighted by atomic mass is 10.6. The summed E-state index contributed by atoms with van der Waals surface area (Å²) >= 11 is 0. The van der Waals surface area contributed by atoms with Crippen LogP contribution >= 0.6 is 0 Å². The molecule has 1 amide bonds. The summed E-state index contributed by atoms with van der Waals surface area (Å²) < 4.78 is 0. The molecular formula is C4H8N5O2+. The van der Waals surface area contributed by atoms with Gasteiger partial charge >= 0.3 is 6.20 Å². The van der Waals surface area contributed by atoms with Crippen molar-refractivity contribution in [3.05, 3.63) is 17.1 Å². The monoisotopic (exact) mass is 158 g/mol. The Hall–Kier alpha value is -1.81. The van der Waals surface area contributed by atoms with Crippen LogP contribution in [-0.4, -0.2) is 17.6 Å². The van der Waals surface area contributed by atoms with Crippen LogP contribution in [0.1, 0.15) is 0 Å². The second-order valence-corrected chi connectivity index (χ2v) is 1.55. The van der Waals surface area contributed by atoms with Crippen molar-refractivity contribution in [3.63, 3.8) is 0 Å². The lowest BCUT2D eigenvalue weighted by Crippen LogP contribution is -2.37. The number of hydrazine groups is 1. The molecule has 0 atom stereocenters. The van der Waals surface area contributed by atoms with E-state index in [1.54, 1.807) is 0 Å². The van der Waals surface area contributed by atoms with E-state index in [9.17, 15) is 4.79 Å². The summed E-state index contributed by atoms with van der Waals surface area (Å²) in [6.07, 6.45) is 0.740. The number of aliphatic hydroxyl groups is 1. The number of nitrogens with two attached hydrogens (primary N) is 1. The zero-order valence-electron chi connectivity index (χ0n) is 5.61. The van der Waals surface area contributed by atoms with Crippen LogP contribution in [0.5, 0.6) is 0 Å². The van der Waals surface area contributed by atoms with E-state index in [1.807, 2.05) is 5.43 Å². The standard InChI is InChI=1S/C4H7N5O2/c5-8-2-3(10)7-1-4(11)9-6/h2,5-7,10H,1H2/p+1/b3-2+. The molecule has 0 saturated carbocycles. The Morgan fingerprint density at radius 3 is 2.91 bits per heavy atom. The molecule has 5 N–H and O–H groups in total. The van der Waals surface area contributed by atoms with Crippen LogP contribution in [-0.2, 0) is 4.79 Å². The topological polar surface area (TPSA) is 116 Å². The summed E-state index contributed by atoms with van der Waals surface area (Å²) in [7, 11) is 0. The molecule has 0 aliphatic heterocycles. The number of amides is 1. The van der Waals surface area contributed by atoms with Crippen molar-refractivity contribution < 1.29 is 9.90 Å². The summed E-state index contributed by atoms with van der Waals surface area (Å²) in [5.41, 5.74) is 1.83. The lowest BCUT2D eigenvalue weighted by molar-refractivity contribution is -0.120. The normalized spacial score (nSPS) is 10.0. The molecule has 0 saturated heterocycles. The zero-order valence-corrected chi connectivity index (χ0v) is 5.61. The second-order valence-electron chi connectivity index (χ2n) is 1.55. The van der Waals surface area contributed by atoms with E-state index < -0.39 is 11.8 Å². The van der Waals surface area contributed by atoms with E-state index in [4.69, 9.17) is 16.3 Å². The van der Waals surface area contributed by atoms with Gasteiger partial charge in [0.2, 0.25) is 5.39 Å². The predicted octanol–water partition coefficient (Wildman–Crippen LogP) is -1.22. The van der Waals surface area contributed by atoms with Gasteiger partial charge in [-0.15, -0.1) is 0 Å². The molecule has 60 valence electrons. The first kappa shape index (κ1) is 9.19. The van der Waals surface area contributed by atoms with Crippen molar-refractivity contribution in [3.8, 4) is 0 Å². The maximum Gasteiger partial charge on any atom is 0.409 e. The van der Waals surface area contributed by atoms with Crippen molar-refractivity contribution in [1.29, 1.82) is 5.39 Å². The highest BCUT2D eigenvalue weighted by Crippen LogP contribution is 1.80. The fraction of sp³-hybridized carbons (Fsp3) is 0.250. The first-order chi connectivity index (χ1) is 5.20. The van der Waals surface area contributed by atoms with Gasteiger partial charge in [0.15, 0.2) is 4.98 Å². The molecule has 0 heterocycles. The molecule has 0 radical (unpaired) electrons. The third-order valence-corrected chi connectivity index (χ3v) is 0.771. The van der Waals surface area contributed by atoms with Crippen molar-refractivity contribution in [2.24, 2.45) is 5.84 Å². The minimum Gasteiger partial charge on any atom is -0.490 e. The zero-order chi connectivity index (χ0) is 8.69. The minimum absolute atomic E-state index is 0.186. The highest BCUT2D eigenvalue weighted by atomic mass is 16.3. The molecule has 7 nitrogen and oxygen atoms in total. The Morgan fingerprint density at radius 1 is 1.82 bits per heavy atom. The van der Waals surface area contributed by atoms with Gasteiger partial charge in [-0.05, 0) is 0 Å². The van der Waals surface area contributed by atoms with Crippen LogP contribution < -0.4 is 16.6 Å². The molecule has 11 heavy (non-hydrogen) atoms. The number of hydrogen-bond acceptors (Lipinski definition) is 5. The molecule has 0 bridgehead atoms. The molecule has 0 aromatic carbocycles. The van der Waals surface area contributed by atoms with Crippen LogP contribution in [0.4, 0.5) is 0 Å². The van der Waals surface area contributed by atoms with E-state index in [-0.39, 0.29) is 6.54 Å². The fourth-order valence-corrected chi connectivity index (χ4v) is 0.322. The summed E-state index contributed by atoms with van der Waals surface area (Å²) in [5.74, 6) is 3.80. The first-order valence-corrected chi connectivity index (χ1v) is 2.67. The van der Waals surface area contributed by atoms with E-state index in [2.05, 4.69) is 10.3 Å². The molecule has 0 spiro atoms. The number of aliphatic hydroxyl groups excluding tert-OH is 1. The predicted molar refractivity (Wildman–Crippen MR) is 36.1 cm³/mol. The average molecular weight is 158 g/mol. The molecule has 0 aromatic rings. The fourth-order valence-electron chi connectivity index (χ4n) is 0.322. The van der Waals surface area contributed by atoms with Crippen molar-refractivity contribution in [2.75, 3.05) is 6.54 Å². The van der Waals surface area contributed by atoms with Crippen molar-refractivity contribution in [2.45, 2.75) is 0 Å². The van der Waals surface area contributed by atoms with Gasteiger partial charge in [0.1, 0.15) is 0 Å². The smallest absolute Gasteiger partial charge is 0.409 e. The maximum atomic E-state index is 10.4. The number of hydrogen-bond donors (Lipinski definition) is 4. The molecule has 0 aliphatic rings. The Kier molecular flexibility index (Phi) is 4.19. The number of nitrogens with zero attached hydrogens (tertiary/aromatic N) is 2. The van der Waals surface area contributed by atoms with Crippen LogP contribution in [0.25, 0.3) is 4.98 Å². The van der Waals surface area contributed by atoms with Gasteiger partial charge in [0.25, 0.3) is 11.8 Å². The number of rotatable bonds is 3. The maximum absolute atomic E-state index is 10.4. The average Bonchev–Trinajstić information content (AvgIpc) is 2.01. The number of nitrogens with one attached hydrogen (secondary N) is 2. The first-order valence-electron chi connectivity index (χ1n) is 2.67. The summed E-state index contributed by atoms with van der Waals surface area (Å²) in [6.45, 7) is -0.186. The van der Waals surface area contributed by atoms with E-state index in [0.717, 1.165) is 6.20 Å². The summed E-state index contributed by atoms with van der Waals surface area (Å²) in [6, 6.07) is 0. The molecule has 0 aromatic heterocycles. The van der Waals surface area contributed by atoms with Gasteiger partial charge in [0, 0.05) is 0 Å². The second kappa shape index (κ2) is 5.01. The SMILES string of the molecule is N#[N+]/C=C(/O)NCC(=O)NN. The Labute approximate surface area is 62.5 Å². The van der Waals surface area contributed by atoms with Crippen molar-refractivity contribution in [1.82, 2.24) is 10.7 Å². The highest BCUT2D eigenvalue weighted by Gasteiger charge is 2.01. The number of diazo groups is 1. The number of carbonyl (C=O) groups is 1. The summed E-state index contributed by atoms with van der Waals surface area (Å²) in [4.78, 5) is 12.9. The van der Waals surface area contributed by atoms with Crippen LogP contribution in [0.15, 0.2) is 12.1 Å². The van der Waals surface area contributed by atoms with E-state index in [0.29, 0.717) is 0 Å². The van der Waals surface area contributed by atoms with Gasteiger partial charge in [-0.1, -0.05) is 0 Å². The molecule has 0 unspecified atom stereocenters. The Balaban J connectivity index is 3.64. The Bertz CT molecular complexity index is 205. The van der Waals surface area contributed by atoms with Crippen LogP contribution in [0.3, 0.4) is 0 Å². The number of carbonyl (C=O) groups excluding carboxylic acids is 1. The molecule has 7 heteroatoms. The summed E-state index contributed by atoms with van der Waals surface area (Å²) in [5, 5.41) is 18.8. The molecule has 0 aliphatic carbocycles. The third-order valence-electron chi connectivity index (χ3n) is 0.771. The molecular weight excluding hydrogens is 150 g/mol. The van der Waals surface area contributed by atoms with Gasteiger partial charge in [-0.3, -0.25) is 10.2 Å². The quantitative estimate of drug-likeness (QED) is 0.135. The van der Waals surface area contributed by atoms with E-state index >= 15 is 0 Å². The molecule has 0 fully saturated rings. The van der Waals surface area contributed by atoms with Gasteiger partial charge < -0.3 is 10.4 Å².